The molecular formula is C10H16N2O4. The van der Waals surface area contributed by atoms with Gasteiger partial charge >= 0.3 is 0 Å². The summed E-state index contributed by atoms with van der Waals surface area (Å²) in [7, 11) is 0. The standard InChI is InChI=1S/C10H16N2O4/c1-3-8-9(6(2)16-12-8)10(15)11-7(4-13)5-14/h7,13-14H,3-5H2,1-2H3,(H,11,15). The van der Waals surface area contributed by atoms with Gasteiger partial charge in [-0.05, 0) is 13.3 Å². The van der Waals surface area contributed by atoms with Crippen LogP contribution in [0.4, 0.5) is 0 Å². The molecule has 1 rings (SSSR count). The lowest BCUT2D eigenvalue weighted by atomic mass is 10.1. The van der Waals surface area contributed by atoms with Crippen LogP contribution in [-0.4, -0.2) is 40.5 Å². The van der Waals surface area contributed by atoms with Crippen LogP contribution in [0.15, 0.2) is 4.52 Å². The quantitative estimate of drug-likeness (QED) is 0.639. The highest BCUT2D eigenvalue weighted by atomic mass is 16.5. The molecule has 6 nitrogen and oxygen atoms in total. The van der Waals surface area contributed by atoms with Crippen LogP contribution >= 0.6 is 0 Å². The summed E-state index contributed by atoms with van der Waals surface area (Å²) in [6.45, 7) is 2.89. The lowest BCUT2D eigenvalue weighted by molar-refractivity contribution is 0.0877. The van der Waals surface area contributed by atoms with Gasteiger partial charge in [-0.25, -0.2) is 0 Å². The summed E-state index contributed by atoms with van der Waals surface area (Å²) in [5, 5.41) is 24.0. The molecule has 1 amide bonds. The normalized spacial score (nSPS) is 10.8. The maximum atomic E-state index is 11.8. The van der Waals surface area contributed by atoms with E-state index in [2.05, 4.69) is 10.5 Å². The minimum atomic E-state index is -0.661. The van der Waals surface area contributed by atoms with Gasteiger partial charge in [-0.2, -0.15) is 0 Å². The minimum absolute atomic E-state index is 0.311. The Morgan fingerprint density at radius 2 is 2.12 bits per heavy atom. The third-order valence-electron chi connectivity index (χ3n) is 2.27. The summed E-state index contributed by atoms with van der Waals surface area (Å²) in [5.41, 5.74) is 0.957. The van der Waals surface area contributed by atoms with Crippen LogP contribution in [0.3, 0.4) is 0 Å². The number of hydrogen-bond acceptors (Lipinski definition) is 5. The van der Waals surface area contributed by atoms with Gasteiger partial charge < -0.3 is 20.1 Å². The number of rotatable bonds is 5. The number of nitrogens with zero attached hydrogens (tertiary/aromatic N) is 1. The summed E-state index contributed by atoms with van der Waals surface area (Å²) in [4.78, 5) is 11.8. The Hall–Kier alpha value is -1.40. The number of aryl methyl sites for hydroxylation is 2. The van der Waals surface area contributed by atoms with Crippen molar-refractivity contribution < 1.29 is 19.5 Å². The third kappa shape index (κ3) is 2.59. The van der Waals surface area contributed by atoms with E-state index >= 15 is 0 Å². The number of carbonyl (C=O) groups excluding carboxylic acids is 1. The Bertz CT molecular complexity index is 358. The van der Waals surface area contributed by atoms with Crippen LogP contribution in [0.2, 0.25) is 0 Å². The van der Waals surface area contributed by atoms with Gasteiger partial charge in [0.05, 0.1) is 24.9 Å². The molecule has 16 heavy (non-hydrogen) atoms. The largest absolute Gasteiger partial charge is 0.394 e. The molecule has 1 aromatic rings. The van der Waals surface area contributed by atoms with Gasteiger partial charge in [0.25, 0.3) is 5.91 Å². The molecule has 0 aromatic carbocycles. The fourth-order valence-electron chi connectivity index (χ4n) is 1.36. The van der Waals surface area contributed by atoms with E-state index in [-0.39, 0.29) is 19.1 Å². The zero-order valence-corrected chi connectivity index (χ0v) is 9.36. The Labute approximate surface area is 93.3 Å². The van der Waals surface area contributed by atoms with Crippen molar-refractivity contribution in [3.05, 3.63) is 17.0 Å². The topological polar surface area (TPSA) is 95.6 Å². The number of hydrogen-bond donors (Lipinski definition) is 3. The molecule has 0 unspecified atom stereocenters. The fraction of sp³-hybridized carbons (Fsp3) is 0.600. The van der Waals surface area contributed by atoms with Gasteiger partial charge in [-0.3, -0.25) is 4.79 Å². The highest BCUT2D eigenvalue weighted by Crippen LogP contribution is 2.13. The van der Waals surface area contributed by atoms with Crippen LogP contribution < -0.4 is 5.32 Å². The minimum Gasteiger partial charge on any atom is -0.394 e. The van der Waals surface area contributed by atoms with E-state index in [4.69, 9.17) is 14.7 Å². The highest BCUT2D eigenvalue weighted by Gasteiger charge is 2.21. The Balaban J connectivity index is 2.83. The summed E-state index contributed by atoms with van der Waals surface area (Å²) in [6.07, 6.45) is 0.586. The van der Waals surface area contributed by atoms with Gasteiger partial charge in [0, 0.05) is 0 Å². The predicted octanol–water partition coefficient (Wildman–Crippen LogP) is -0.372. The average molecular weight is 228 g/mol. The van der Waals surface area contributed by atoms with E-state index in [1.807, 2.05) is 6.92 Å². The first kappa shape index (κ1) is 12.7. The summed E-state index contributed by atoms with van der Waals surface area (Å²) in [6, 6.07) is -0.661. The molecule has 0 saturated heterocycles. The summed E-state index contributed by atoms with van der Waals surface area (Å²) >= 11 is 0. The van der Waals surface area contributed by atoms with Crippen molar-refractivity contribution in [1.82, 2.24) is 10.5 Å². The highest BCUT2D eigenvalue weighted by molar-refractivity contribution is 5.96. The van der Waals surface area contributed by atoms with Crippen molar-refractivity contribution in [1.29, 1.82) is 0 Å². The van der Waals surface area contributed by atoms with E-state index in [0.717, 1.165) is 0 Å². The second-order valence-corrected chi connectivity index (χ2v) is 3.45. The molecule has 1 aromatic heterocycles. The lowest BCUT2D eigenvalue weighted by Crippen LogP contribution is -2.40. The van der Waals surface area contributed by atoms with Crippen LogP contribution in [0.1, 0.15) is 28.7 Å². The molecule has 0 saturated carbocycles. The monoisotopic (exact) mass is 228 g/mol. The van der Waals surface area contributed by atoms with E-state index in [1.165, 1.54) is 0 Å². The molecular weight excluding hydrogens is 212 g/mol. The second-order valence-electron chi connectivity index (χ2n) is 3.45. The van der Waals surface area contributed by atoms with Crippen LogP contribution in [0.25, 0.3) is 0 Å². The van der Waals surface area contributed by atoms with E-state index in [0.29, 0.717) is 23.4 Å². The van der Waals surface area contributed by atoms with Crippen LogP contribution in [0, 0.1) is 6.92 Å². The van der Waals surface area contributed by atoms with Crippen molar-refractivity contribution in [2.75, 3.05) is 13.2 Å². The Morgan fingerprint density at radius 1 is 1.50 bits per heavy atom. The SMILES string of the molecule is CCc1noc(C)c1C(=O)NC(CO)CO. The summed E-state index contributed by atoms with van der Waals surface area (Å²) < 4.78 is 4.92. The molecule has 0 aliphatic heterocycles. The first-order valence-electron chi connectivity index (χ1n) is 5.11. The number of amides is 1. The zero-order valence-electron chi connectivity index (χ0n) is 9.36. The maximum absolute atomic E-state index is 11.8. The number of aliphatic hydroxyl groups excluding tert-OH is 2. The van der Waals surface area contributed by atoms with Gasteiger partial charge in [0.1, 0.15) is 11.3 Å². The number of aliphatic hydroxyl groups is 2. The molecule has 0 aliphatic rings. The molecule has 6 heteroatoms. The Kier molecular flexibility index (Phi) is 4.45. The number of aromatic nitrogens is 1. The predicted molar refractivity (Wildman–Crippen MR) is 56.0 cm³/mol. The third-order valence-corrected chi connectivity index (χ3v) is 2.27. The molecule has 0 atom stereocenters. The number of nitrogens with one attached hydrogen (secondary N) is 1. The molecule has 1 heterocycles. The number of carbonyl (C=O) groups is 1. The van der Waals surface area contributed by atoms with Crippen LogP contribution in [-0.2, 0) is 6.42 Å². The molecule has 0 radical (unpaired) electrons. The van der Waals surface area contributed by atoms with E-state index in [9.17, 15) is 4.79 Å². The molecule has 0 fully saturated rings. The second kappa shape index (κ2) is 5.62. The van der Waals surface area contributed by atoms with Crippen molar-refractivity contribution >= 4 is 5.91 Å². The Morgan fingerprint density at radius 3 is 2.62 bits per heavy atom. The van der Waals surface area contributed by atoms with Gasteiger partial charge in [-0.1, -0.05) is 12.1 Å². The first-order chi connectivity index (χ1) is 7.63. The van der Waals surface area contributed by atoms with Gasteiger partial charge in [-0.15, -0.1) is 0 Å². The molecule has 0 bridgehead atoms. The fourth-order valence-corrected chi connectivity index (χ4v) is 1.36. The zero-order chi connectivity index (χ0) is 12.1. The molecule has 0 aliphatic carbocycles. The van der Waals surface area contributed by atoms with Crippen molar-refractivity contribution in [2.24, 2.45) is 0 Å². The molecule has 3 N–H and O–H groups in total. The molecule has 0 spiro atoms. The summed E-state index contributed by atoms with van der Waals surface area (Å²) in [5.74, 6) is 0.0488. The first-order valence-corrected chi connectivity index (χ1v) is 5.11. The van der Waals surface area contributed by atoms with E-state index < -0.39 is 6.04 Å². The van der Waals surface area contributed by atoms with Crippen LogP contribution in [0.5, 0.6) is 0 Å². The van der Waals surface area contributed by atoms with Crippen molar-refractivity contribution in [3.8, 4) is 0 Å². The smallest absolute Gasteiger partial charge is 0.257 e. The average Bonchev–Trinajstić information content (AvgIpc) is 2.67. The van der Waals surface area contributed by atoms with Gasteiger partial charge in [0.15, 0.2) is 0 Å². The van der Waals surface area contributed by atoms with Crippen molar-refractivity contribution in [2.45, 2.75) is 26.3 Å². The van der Waals surface area contributed by atoms with Crippen molar-refractivity contribution in [3.63, 3.8) is 0 Å². The molecule has 90 valence electrons. The lowest BCUT2D eigenvalue weighted by Gasteiger charge is -2.12. The van der Waals surface area contributed by atoms with Gasteiger partial charge in [0.2, 0.25) is 0 Å². The van der Waals surface area contributed by atoms with E-state index in [1.54, 1.807) is 6.92 Å². The maximum Gasteiger partial charge on any atom is 0.257 e.